The third kappa shape index (κ3) is 7.39. The molecule has 0 atom stereocenters. The number of likely N-dealkylation sites (tertiary alicyclic amines) is 1. The number of hydrogen-bond donors (Lipinski definition) is 1. The van der Waals surface area contributed by atoms with E-state index in [4.69, 9.17) is 32.9 Å². The van der Waals surface area contributed by atoms with E-state index in [1.54, 1.807) is 42.3 Å². The number of nitrogens with zero attached hydrogens (tertiary/aromatic N) is 4. The van der Waals surface area contributed by atoms with Gasteiger partial charge in [-0.15, -0.1) is 11.3 Å². The molecule has 4 rings (SSSR count). The van der Waals surface area contributed by atoms with Gasteiger partial charge in [0, 0.05) is 30.8 Å². The smallest absolute Gasteiger partial charge is 0.409 e. The summed E-state index contributed by atoms with van der Waals surface area (Å²) in [6.45, 7) is 7.34. The van der Waals surface area contributed by atoms with Crippen LogP contribution in [0.4, 0.5) is 10.5 Å². The number of halogens is 2. The van der Waals surface area contributed by atoms with Crippen LogP contribution in [-0.2, 0) is 14.8 Å². The minimum atomic E-state index is -3.54. The number of benzene rings is 1. The van der Waals surface area contributed by atoms with E-state index < -0.39 is 10.0 Å². The van der Waals surface area contributed by atoms with Crippen LogP contribution in [0.25, 0.3) is 21.8 Å². The standard InChI is InChI=1S/C26H31Cl2N5O4S2/c1-4-14-39(35,36)32-19-7-5-6-18(21(19)27)22-23(20-8-11-29-25(28)30-20)38-24(31-22)17-9-12-33(13-10-17)26(34)37-15-16(2)3/h5-8,11,16-17,32H,4,9-10,12-15H2,1-3H3. The Morgan fingerprint density at radius 1 is 1.21 bits per heavy atom. The molecule has 3 heterocycles. The Bertz CT molecular complexity index is 1420. The van der Waals surface area contributed by atoms with Gasteiger partial charge in [-0.2, -0.15) is 0 Å². The molecule has 13 heteroatoms. The molecule has 0 spiro atoms. The van der Waals surface area contributed by atoms with Gasteiger partial charge in [0.25, 0.3) is 0 Å². The molecular weight excluding hydrogens is 581 g/mol. The Labute approximate surface area is 243 Å². The van der Waals surface area contributed by atoms with Crippen LogP contribution in [0.15, 0.2) is 30.5 Å². The molecule has 1 aromatic carbocycles. The van der Waals surface area contributed by atoms with E-state index in [1.165, 1.54) is 11.3 Å². The van der Waals surface area contributed by atoms with Crippen molar-refractivity contribution in [1.29, 1.82) is 0 Å². The van der Waals surface area contributed by atoms with Crippen molar-refractivity contribution < 1.29 is 17.9 Å². The number of carbonyl (C=O) groups excluding carboxylic acids is 1. The van der Waals surface area contributed by atoms with E-state index in [0.29, 0.717) is 43.1 Å². The van der Waals surface area contributed by atoms with Crippen molar-refractivity contribution >= 4 is 56.3 Å². The number of rotatable bonds is 9. The molecule has 1 amide bonds. The second kappa shape index (κ2) is 12.8. The molecule has 210 valence electrons. The second-order valence-corrected chi connectivity index (χ2v) is 13.3. The minimum Gasteiger partial charge on any atom is -0.449 e. The number of anilines is 1. The maximum absolute atomic E-state index is 12.4. The first-order valence-corrected chi connectivity index (χ1v) is 16.0. The maximum atomic E-state index is 12.4. The zero-order valence-electron chi connectivity index (χ0n) is 22.0. The summed E-state index contributed by atoms with van der Waals surface area (Å²) in [5, 5.41) is 1.24. The Morgan fingerprint density at radius 2 is 1.95 bits per heavy atom. The van der Waals surface area contributed by atoms with E-state index in [2.05, 4.69) is 14.7 Å². The average molecular weight is 613 g/mol. The number of thiazole rings is 1. The summed E-state index contributed by atoms with van der Waals surface area (Å²) in [5.74, 6) is 0.392. The lowest BCUT2D eigenvalue weighted by molar-refractivity contribution is 0.0834. The number of sulfonamides is 1. The lowest BCUT2D eigenvalue weighted by Crippen LogP contribution is -2.38. The van der Waals surface area contributed by atoms with Gasteiger partial charge in [0.2, 0.25) is 15.3 Å². The lowest BCUT2D eigenvalue weighted by atomic mass is 9.98. The molecule has 0 aliphatic carbocycles. The molecule has 0 saturated carbocycles. The molecular formula is C26H31Cl2N5O4S2. The molecule has 0 unspecified atom stereocenters. The fourth-order valence-electron chi connectivity index (χ4n) is 4.25. The highest BCUT2D eigenvalue weighted by Gasteiger charge is 2.29. The predicted octanol–water partition coefficient (Wildman–Crippen LogP) is 6.70. The average Bonchev–Trinajstić information content (AvgIpc) is 3.34. The van der Waals surface area contributed by atoms with Gasteiger partial charge in [0.1, 0.15) is 0 Å². The van der Waals surface area contributed by atoms with Crippen LogP contribution < -0.4 is 4.72 Å². The zero-order chi connectivity index (χ0) is 28.2. The largest absolute Gasteiger partial charge is 0.449 e. The Hall–Kier alpha value is -2.47. The molecule has 0 bridgehead atoms. The van der Waals surface area contributed by atoms with Gasteiger partial charge in [-0.25, -0.2) is 28.2 Å². The maximum Gasteiger partial charge on any atom is 0.409 e. The van der Waals surface area contributed by atoms with Crippen LogP contribution in [0.1, 0.15) is 51.0 Å². The SMILES string of the molecule is CCCS(=O)(=O)Nc1cccc(-c2nc(C3CCN(C(=O)OCC(C)C)CC3)sc2-c2ccnc(Cl)n2)c1Cl. The van der Waals surface area contributed by atoms with Crippen molar-refractivity contribution in [3.63, 3.8) is 0 Å². The molecule has 1 fully saturated rings. The summed E-state index contributed by atoms with van der Waals surface area (Å²) in [7, 11) is -3.54. The molecule has 3 aromatic rings. The first kappa shape index (κ1) is 29.5. The van der Waals surface area contributed by atoms with Crippen molar-refractivity contribution in [2.45, 2.75) is 46.0 Å². The summed E-state index contributed by atoms with van der Waals surface area (Å²) in [6.07, 6.45) is 3.24. The topological polar surface area (TPSA) is 114 Å². The van der Waals surface area contributed by atoms with E-state index in [1.807, 2.05) is 13.8 Å². The summed E-state index contributed by atoms with van der Waals surface area (Å²) in [4.78, 5) is 28.3. The Balaban J connectivity index is 1.66. The summed E-state index contributed by atoms with van der Waals surface area (Å²) in [5.41, 5.74) is 2.05. The van der Waals surface area contributed by atoms with Crippen LogP contribution in [0, 0.1) is 5.92 Å². The Morgan fingerprint density at radius 3 is 2.62 bits per heavy atom. The van der Waals surface area contributed by atoms with Gasteiger partial charge in [0.15, 0.2) is 0 Å². The summed E-state index contributed by atoms with van der Waals surface area (Å²) >= 11 is 14.4. The molecule has 1 aliphatic rings. The zero-order valence-corrected chi connectivity index (χ0v) is 25.1. The third-order valence-corrected chi connectivity index (χ3v) is 9.44. The van der Waals surface area contributed by atoms with Gasteiger partial charge in [0.05, 0.1) is 44.3 Å². The highest BCUT2D eigenvalue weighted by Crippen LogP contribution is 2.44. The van der Waals surface area contributed by atoms with Crippen molar-refractivity contribution in [2.75, 3.05) is 30.2 Å². The van der Waals surface area contributed by atoms with Crippen LogP contribution in [0.5, 0.6) is 0 Å². The number of carbonyl (C=O) groups is 1. The van der Waals surface area contributed by atoms with Crippen LogP contribution >= 0.6 is 34.5 Å². The Kier molecular flexibility index (Phi) is 9.69. The second-order valence-electron chi connectivity index (χ2n) is 9.76. The van der Waals surface area contributed by atoms with Gasteiger partial charge in [-0.3, -0.25) is 4.72 Å². The highest BCUT2D eigenvalue weighted by atomic mass is 35.5. The van der Waals surface area contributed by atoms with Gasteiger partial charge in [-0.05, 0) is 48.9 Å². The molecule has 1 N–H and O–H groups in total. The normalized spacial score (nSPS) is 14.6. The fourth-order valence-corrected chi connectivity index (χ4v) is 7.08. The van der Waals surface area contributed by atoms with E-state index in [-0.39, 0.29) is 39.7 Å². The van der Waals surface area contributed by atoms with Crippen molar-refractivity contribution in [1.82, 2.24) is 19.9 Å². The summed E-state index contributed by atoms with van der Waals surface area (Å²) < 4.78 is 32.8. The van der Waals surface area contributed by atoms with E-state index in [9.17, 15) is 13.2 Å². The number of nitrogens with one attached hydrogen (secondary N) is 1. The van der Waals surface area contributed by atoms with Gasteiger partial charge >= 0.3 is 6.09 Å². The number of amides is 1. The fraction of sp³-hybridized carbons (Fsp3) is 0.462. The monoisotopic (exact) mass is 611 g/mol. The van der Waals surface area contributed by atoms with E-state index >= 15 is 0 Å². The lowest BCUT2D eigenvalue weighted by Gasteiger charge is -2.30. The van der Waals surface area contributed by atoms with Crippen molar-refractivity contribution in [3.05, 3.63) is 45.8 Å². The molecule has 9 nitrogen and oxygen atoms in total. The van der Waals surface area contributed by atoms with Crippen LogP contribution in [0.2, 0.25) is 10.3 Å². The highest BCUT2D eigenvalue weighted by molar-refractivity contribution is 7.92. The quantitative estimate of drug-likeness (QED) is 0.268. The molecule has 0 radical (unpaired) electrons. The summed E-state index contributed by atoms with van der Waals surface area (Å²) in [6, 6.07) is 6.92. The third-order valence-electron chi connectivity index (χ3n) is 6.14. The number of aromatic nitrogens is 3. The van der Waals surface area contributed by atoms with Crippen LogP contribution in [-0.4, -0.2) is 59.8 Å². The first-order chi connectivity index (χ1) is 18.6. The minimum absolute atomic E-state index is 0.0111. The molecule has 1 aliphatic heterocycles. The van der Waals surface area contributed by atoms with Crippen molar-refractivity contribution in [3.8, 4) is 21.8 Å². The molecule has 39 heavy (non-hydrogen) atoms. The predicted molar refractivity (Wildman–Crippen MR) is 156 cm³/mol. The van der Waals surface area contributed by atoms with Crippen molar-refractivity contribution in [2.24, 2.45) is 5.92 Å². The molecule has 2 aromatic heterocycles. The number of piperidine rings is 1. The van der Waals surface area contributed by atoms with E-state index in [0.717, 1.165) is 22.7 Å². The molecule has 1 saturated heterocycles. The van der Waals surface area contributed by atoms with Crippen LogP contribution in [0.3, 0.4) is 0 Å². The number of hydrogen-bond acceptors (Lipinski definition) is 8. The van der Waals surface area contributed by atoms with Gasteiger partial charge in [-0.1, -0.05) is 44.5 Å². The van der Waals surface area contributed by atoms with Gasteiger partial charge < -0.3 is 9.64 Å². The first-order valence-electron chi connectivity index (χ1n) is 12.8. The number of ether oxygens (including phenoxy) is 1.